The van der Waals surface area contributed by atoms with Crippen LogP contribution in [0.3, 0.4) is 0 Å². The number of hydrogen-bond acceptors (Lipinski definition) is 4. The molecule has 6 heteroatoms. The third-order valence-corrected chi connectivity index (χ3v) is 6.31. The Hall–Kier alpha value is -2.34. The van der Waals surface area contributed by atoms with Crippen molar-refractivity contribution >= 4 is 29.3 Å². The van der Waals surface area contributed by atoms with Gasteiger partial charge >= 0.3 is 0 Å². The number of fused-ring (bicyclic) bond motifs is 2. The van der Waals surface area contributed by atoms with E-state index >= 15 is 0 Å². The van der Waals surface area contributed by atoms with Crippen LogP contribution in [0.4, 0.5) is 5.69 Å². The van der Waals surface area contributed by atoms with Gasteiger partial charge in [0.2, 0.25) is 5.91 Å². The zero-order valence-electron chi connectivity index (χ0n) is 14.9. The number of likely N-dealkylation sites (tertiary alicyclic amines) is 1. The predicted octanol–water partition coefficient (Wildman–Crippen LogP) is 2.95. The van der Waals surface area contributed by atoms with Crippen molar-refractivity contribution in [2.24, 2.45) is 0 Å². The number of anilines is 1. The predicted molar refractivity (Wildman–Crippen MR) is 103 cm³/mol. The molecular formula is C20H21N3O2S. The number of piperidine rings is 1. The van der Waals surface area contributed by atoms with Crippen molar-refractivity contribution in [3.8, 4) is 0 Å². The molecule has 26 heavy (non-hydrogen) atoms. The molecule has 4 rings (SSSR count). The number of hydrogen-bond donors (Lipinski definition) is 0. The molecule has 0 unspecified atom stereocenters. The molecular weight excluding hydrogens is 346 g/mol. The van der Waals surface area contributed by atoms with E-state index in [-0.39, 0.29) is 11.8 Å². The van der Waals surface area contributed by atoms with Crippen LogP contribution in [0.15, 0.2) is 47.6 Å². The smallest absolute Gasteiger partial charge is 0.256 e. The van der Waals surface area contributed by atoms with Crippen molar-refractivity contribution in [1.29, 1.82) is 0 Å². The van der Waals surface area contributed by atoms with E-state index in [1.165, 1.54) is 11.8 Å². The summed E-state index contributed by atoms with van der Waals surface area (Å²) in [6.07, 6.45) is 4.95. The van der Waals surface area contributed by atoms with Crippen LogP contribution >= 0.6 is 11.8 Å². The molecule has 2 aliphatic heterocycles. The lowest BCUT2D eigenvalue weighted by molar-refractivity contribution is -0.124. The molecule has 0 saturated carbocycles. The van der Waals surface area contributed by atoms with Gasteiger partial charge in [-0.15, -0.1) is 11.8 Å². The second-order valence-electron chi connectivity index (χ2n) is 6.82. The summed E-state index contributed by atoms with van der Waals surface area (Å²) in [5.74, 6) is 0.154. The average Bonchev–Trinajstić information content (AvgIpc) is 2.90. The zero-order valence-corrected chi connectivity index (χ0v) is 15.8. The van der Waals surface area contributed by atoms with Crippen molar-refractivity contribution in [2.75, 3.05) is 31.3 Å². The molecule has 2 aromatic rings. The number of rotatable bonds is 2. The van der Waals surface area contributed by atoms with Crippen molar-refractivity contribution in [3.05, 3.63) is 53.7 Å². The lowest BCUT2D eigenvalue weighted by Crippen LogP contribution is -2.49. The van der Waals surface area contributed by atoms with Gasteiger partial charge in [-0.1, -0.05) is 18.2 Å². The standard InChI is InChI=1S/C20H21N3O2S/c1-22-16-8-4-3-7-15(16)20(19(22)25)9-12-23(13-10-20)18(24)14-6-5-11-21-17(14)26-2/h3-8,11H,9-10,12-13H2,1-2H3. The van der Waals surface area contributed by atoms with Crippen LogP contribution in [0.1, 0.15) is 28.8 Å². The number of aromatic nitrogens is 1. The molecule has 0 N–H and O–H groups in total. The summed E-state index contributed by atoms with van der Waals surface area (Å²) in [5.41, 5.74) is 2.26. The Kier molecular flexibility index (Phi) is 4.23. The van der Waals surface area contributed by atoms with Crippen LogP contribution in [0.2, 0.25) is 0 Å². The third kappa shape index (κ3) is 2.43. The summed E-state index contributed by atoms with van der Waals surface area (Å²) >= 11 is 1.48. The summed E-state index contributed by atoms with van der Waals surface area (Å²) in [6, 6.07) is 11.6. The number of carbonyl (C=O) groups is 2. The van der Waals surface area contributed by atoms with Crippen molar-refractivity contribution in [1.82, 2.24) is 9.88 Å². The Morgan fingerprint density at radius 2 is 1.88 bits per heavy atom. The number of likely N-dealkylation sites (N-methyl/N-ethyl adjacent to an activating group) is 1. The molecule has 134 valence electrons. The first-order valence-corrected chi connectivity index (χ1v) is 9.97. The number of thioether (sulfide) groups is 1. The van der Waals surface area contributed by atoms with E-state index in [4.69, 9.17) is 0 Å². The van der Waals surface area contributed by atoms with E-state index in [2.05, 4.69) is 11.1 Å². The molecule has 1 aromatic carbocycles. The van der Waals surface area contributed by atoms with E-state index in [0.717, 1.165) is 16.3 Å². The Bertz CT molecular complexity index is 875. The molecule has 0 bridgehead atoms. The third-order valence-electron chi connectivity index (χ3n) is 5.59. The minimum atomic E-state index is -0.487. The lowest BCUT2D eigenvalue weighted by atomic mass is 9.73. The average molecular weight is 367 g/mol. The molecule has 0 aliphatic carbocycles. The largest absolute Gasteiger partial charge is 0.338 e. The van der Waals surface area contributed by atoms with Gasteiger partial charge in [0.1, 0.15) is 5.03 Å². The van der Waals surface area contributed by atoms with Crippen molar-refractivity contribution in [2.45, 2.75) is 23.3 Å². The fourth-order valence-corrected chi connectivity index (χ4v) is 4.72. The first-order chi connectivity index (χ1) is 12.6. The van der Waals surface area contributed by atoms with Gasteiger partial charge in [0.05, 0.1) is 11.0 Å². The Morgan fingerprint density at radius 1 is 1.15 bits per heavy atom. The van der Waals surface area contributed by atoms with E-state index in [1.807, 2.05) is 42.5 Å². The van der Waals surface area contributed by atoms with Gasteiger partial charge in [0.25, 0.3) is 5.91 Å². The van der Waals surface area contributed by atoms with Crippen LogP contribution in [0.5, 0.6) is 0 Å². The quantitative estimate of drug-likeness (QED) is 0.766. The first-order valence-electron chi connectivity index (χ1n) is 8.74. The maximum atomic E-state index is 13.0. The minimum absolute atomic E-state index is 0.00406. The summed E-state index contributed by atoms with van der Waals surface area (Å²) in [6.45, 7) is 1.16. The van der Waals surface area contributed by atoms with Gasteiger partial charge in [0, 0.05) is 32.0 Å². The van der Waals surface area contributed by atoms with Crippen LogP contribution in [0.25, 0.3) is 0 Å². The van der Waals surface area contributed by atoms with Gasteiger partial charge in [-0.05, 0) is 42.9 Å². The van der Waals surface area contributed by atoms with E-state index in [0.29, 0.717) is 31.5 Å². The fourth-order valence-electron chi connectivity index (χ4n) is 4.18. The molecule has 1 fully saturated rings. The van der Waals surface area contributed by atoms with Crippen LogP contribution in [-0.4, -0.2) is 48.1 Å². The van der Waals surface area contributed by atoms with Gasteiger partial charge < -0.3 is 9.80 Å². The molecule has 1 spiro atoms. The van der Waals surface area contributed by atoms with Gasteiger partial charge in [-0.3, -0.25) is 9.59 Å². The summed E-state index contributed by atoms with van der Waals surface area (Å²) in [5, 5.41) is 0.750. The summed E-state index contributed by atoms with van der Waals surface area (Å²) < 4.78 is 0. The van der Waals surface area contributed by atoms with Crippen molar-refractivity contribution < 1.29 is 9.59 Å². The molecule has 0 atom stereocenters. The van der Waals surface area contributed by atoms with Crippen molar-refractivity contribution in [3.63, 3.8) is 0 Å². The molecule has 0 radical (unpaired) electrons. The van der Waals surface area contributed by atoms with Crippen LogP contribution in [0, 0.1) is 0 Å². The van der Waals surface area contributed by atoms with Crippen LogP contribution < -0.4 is 4.90 Å². The lowest BCUT2D eigenvalue weighted by Gasteiger charge is -2.38. The van der Waals surface area contributed by atoms with E-state index in [9.17, 15) is 9.59 Å². The Morgan fingerprint density at radius 3 is 2.62 bits per heavy atom. The minimum Gasteiger partial charge on any atom is -0.338 e. The molecule has 1 aromatic heterocycles. The highest BCUT2D eigenvalue weighted by Gasteiger charge is 2.51. The van der Waals surface area contributed by atoms with Crippen LogP contribution in [-0.2, 0) is 10.2 Å². The maximum Gasteiger partial charge on any atom is 0.256 e. The number of benzene rings is 1. The summed E-state index contributed by atoms with van der Waals surface area (Å²) in [7, 11) is 1.84. The van der Waals surface area contributed by atoms with Gasteiger partial charge in [-0.2, -0.15) is 0 Å². The zero-order chi connectivity index (χ0) is 18.3. The number of nitrogens with zero attached hydrogens (tertiary/aromatic N) is 3. The highest BCUT2D eigenvalue weighted by Crippen LogP contribution is 2.47. The van der Waals surface area contributed by atoms with E-state index in [1.54, 1.807) is 17.2 Å². The van der Waals surface area contributed by atoms with Gasteiger partial charge in [-0.25, -0.2) is 4.98 Å². The normalized spacial score (nSPS) is 18.3. The number of carbonyl (C=O) groups excluding carboxylic acids is 2. The Labute approximate surface area is 157 Å². The second-order valence-corrected chi connectivity index (χ2v) is 7.61. The highest BCUT2D eigenvalue weighted by atomic mass is 32.2. The number of pyridine rings is 1. The maximum absolute atomic E-state index is 13.0. The number of para-hydroxylation sites is 1. The second kappa shape index (κ2) is 6.43. The molecule has 3 heterocycles. The highest BCUT2D eigenvalue weighted by molar-refractivity contribution is 7.98. The molecule has 2 amide bonds. The first kappa shape index (κ1) is 17.1. The topological polar surface area (TPSA) is 53.5 Å². The molecule has 5 nitrogen and oxygen atoms in total. The summed E-state index contributed by atoms with van der Waals surface area (Å²) in [4.78, 5) is 33.9. The number of amides is 2. The Balaban J connectivity index is 1.58. The SMILES string of the molecule is CSc1ncccc1C(=O)N1CCC2(CC1)C(=O)N(C)c1ccccc12. The fraction of sp³-hybridized carbons (Fsp3) is 0.350. The molecule has 1 saturated heterocycles. The van der Waals surface area contributed by atoms with E-state index < -0.39 is 5.41 Å². The van der Waals surface area contributed by atoms with Gasteiger partial charge in [0.15, 0.2) is 0 Å². The molecule has 2 aliphatic rings. The monoisotopic (exact) mass is 367 g/mol.